The van der Waals surface area contributed by atoms with Crippen LogP contribution in [-0.4, -0.2) is 11.6 Å². The number of benzene rings is 1. The van der Waals surface area contributed by atoms with E-state index in [4.69, 9.17) is 4.74 Å². The van der Waals surface area contributed by atoms with Crippen LogP contribution < -0.4 is 0 Å². The highest BCUT2D eigenvalue weighted by atomic mass is 127. The van der Waals surface area contributed by atoms with Crippen LogP contribution in [0.15, 0.2) is 30.4 Å². The van der Waals surface area contributed by atoms with Crippen molar-refractivity contribution in [1.29, 1.82) is 0 Å². The van der Waals surface area contributed by atoms with E-state index < -0.39 is 5.60 Å². The first-order valence-electron chi connectivity index (χ1n) is 6.35. The van der Waals surface area contributed by atoms with Gasteiger partial charge in [-0.25, -0.2) is 9.18 Å². The van der Waals surface area contributed by atoms with E-state index in [1.807, 2.05) is 6.07 Å². The van der Waals surface area contributed by atoms with Crippen LogP contribution in [0.3, 0.4) is 0 Å². The largest absolute Gasteiger partial charge is 0.454 e. The van der Waals surface area contributed by atoms with Gasteiger partial charge < -0.3 is 4.74 Å². The van der Waals surface area contributed by atoms with Gasteiger partial charge in [0.25, 0.3) is 0 Å². The number of ether oxygens (including phenoxy) is 1. The molecule has 0 saturated carbocycles. The Kier molecular flexibility index (Phi) is 3.15. The number of carbonyl (C=O) groups is 1. The zero-order valence-electron chi connectivity index (χ0n) is 10.4. The number of carbonyl (C=O) groups excluding carboxylic acids is 1. The van der Waals surface area contributed by atoms with Gasteiger partial charge in [-0.05, 0) is 42.5 Å². The molecule has 0 unspecified atom stereocenters. The predicted molar refractivity (Wildman–Crippen MR) is 78.7 cm³/mol. The Balaban J connectivity index is 2.05. The van der Waals surface area contributed by atoms with Crippen LogP contribution >= 0.6 is 22.6 Å². The predicted octanol–water partition coefficient (Wildman–Crippen LogP) is 3.88. The zero-order valence-corrected chi connectivity index (χ0v) is 12.6. The molecule has 2 aliphatic rings. The summed E-state index contributed by atoms with van der Waals surface area (Å²) in [6.45, 7) is 3.78. The topological polar surface area (TPSA) is 26.3 Å². The van der Waals surface area contributed by atoms with Gasteiger partial charge in [-0.2, -0.15) is 0 Å². The van der Waals surface area contributed by atoms with Gasteiger partial charge in [0.05, 0.1) is 3.92 Å². The van der Waals surface area contributed by atoms with E-state index in [9.17, 15) is 9.18 Å². The monoisotopic (exact) mass is 372 g/mol. The summed E-state index contributed by atoms with van der Waals surface area (Å²) in [5, 5.41) is 0. The van der Waals surface area contributed by atoms with E-state index in [-0.39, 0.29) is 15.7 Å². The van der Waals surface area contributed by atoms with Crippen LogP contribution in [0.2, 0.25) is 0 Å². The molecule has 0 bridgehead atoms. The Labute approximate surface area is 125 Å². The third-order valence-corrected chi connectivity index (χ3v) is 5.79. The van der Waals surface area contributed by atoms with E-state index >= 15 is 0 Å². The quantitative estimate of drug-likeness (QED) is 0.299. The van der Waals surface area contributed by atoms with E-state index in [0.717, 1.165) is 30.4 Å². The first-order chi connectivity index (χ1) is 9.02. The lowest BCUT2D eigenvalue weighted by atomic mass is 9.88. The minimum Gasteiger partial charge on any atom is -0.454 e. The van der Waals surface area contributed by atoms with Crippen LogP contribution in [0.4, 0.5) is 4.39 Å². The van der Waals surface area contributed by atoms with Gasteiger partial charge in [0.1, 0.15) is 11.4 Å². The molecule has 1 aromatic rings. The smallest absolute Gasteiger partial charge is 0.334 e. The van der Waals surface area contributed by atoms with Crippen molar-refractivity contribution >= 4 is 28.6 Å². The second kappa shape index (κ2) is 4.58. The molecule has 1 spiro atoms. The molecule has 0 amide bonds. The van der Waals surface area contributed by atoms with Crippen molar-refractivity contribution in [2.45, 2.75) is 35.2 Å². The van der Waals surface area contributed by atoms with Gasteiger partial charge >= 0.3 is 5.97 Å². The van der Waals surface area contributed by atoms with Crippen molar-refractivity contribution in [3.8, 4) is 0 Å². The fraction of sp³-hybridized carbons (Fsp3) is 0.400. The molecule has 0 aromatic heterocycles. The average molecular weight is 372 g/mol. The molecule has 3 rings (SSSR count). The molecule has 19 heavy (non-hydrogen) atoms. The maximum Gasteiger partial charge on any atom is 0.334 e. The molecule has 1 heterocycles. The van der Waals surface area contributed by atoms with Gasteiger partial charge in [0, 0.05) is 12.0 Å². The Morgan fingerprint density at radius 1 is 1.47 bits per heavy atom. The minimum absolute atomic E-state index is 0.0476. The van der Waals surface area contributed by atoms with Crippen LogP contribution in [0.1, 0.15) is 34.3 Å². The fourth-order valence-electron chi connectivity index (χ4n) is 3.03. The Morgan fingerprint density at radius 3 is 2.95 bits per heavy atom. The SMILES string of the molecule is C=C1C[C@]2(CCCc3cc(F)ccc3[C@H]2I)OC1=O. The average Bonchev–Trinajstić information content (AvgIpc) is 2.58. The van der Waals surface area contributed by atoms with Gasteiger partial charge in [0.2, 0.25) is 0 Å². The van der Waals surface area contributed by atoms with Crippen LogP contribution in [-0.2, 0) is 16.0 Å². The molecule has 2 atom stereocenters. The van der Waals surface area contributed by atoms with Crippen molar-refractivity contribution in [2.75, 3.05) is 0 Å². The molecule has 100 valence electrons. The zero-order chi connectivity index (χ0) is 13.6. The fourth-order valence-corrected chi connectivity index (χ4v) is 4.30. The van der Waals surface area contributed by atoms with Crippen molar-refractivity contribution in [3.63, 3.8) is 0 Å². The van der Waals surface area contributed by atoms with Crippen LogP contribution in [0, 0.1) is 5.82 Å². The normalized spacial score (nSPS) is 30.1. The van der Waals surface area contributed by atoms with Gasteiger partial charge in [-0.15, -0.1) is 0 Å². The number of hydrogen-bond acceptors (Lipinski definition) is 2. The van der Waals surface area contributed by atoms with E-state index in [2.05, 4.69) is 29.2 Å². The first-order valence-corrected chi connectivity index (χ1v) is 7.60. The van der Waals surface area contributed by atoms with Crippen molar-refractivity contribution in [3.05, 3.63) is 47.3 Å². The number of fused-ring (bicyclic) bond motifs is 1. The summed E-state index contributed by atoms with van der Waals surface area (Å²) in [4.78, 5) is 11.7. The summed E-state index contributed by atoms with van der Waals surface area (Å²) in [6.07, 6.45) is 3.12. The Hall–Kier alpha value is -0.910. The highest BCUT2D eigenvalue weighted by Gasteiger charge is 2.49. The molecule has 1 aromatic carbocycles. The Morgan fingerprint density at radius 2 is 2.26 bits per heavy atom. The second-order valence-electron chi connectivity index (χ2n) is 5.29. The molecule has 1 fully saturated rings. The molecule has 0 radical (unpaired) electrons. The van der Waals surface area contributed by atoms with Gasteiger partial charge in [-0.1, -0.05) is 35.2 Å². The lowest BCUT2D eigenvalue weighted by molar-refractivity contribution is -0.146. The van der Waals surface area contributed by atoms with Gasteiger partial charge in [-0.3, -0.25) is 0 Å². The third-order valence-electron chi connectivity index (χ3n) is 3.98. The summed E-state index contributed by atoms with van der Waals surface area (Å²) in [6, 6.07) is 4.91. The lowest BCUT2D eigenvalue weighted by Gasteiger charge is -2.31. The van der Waals surface area contributed by atoms with Crippen molar-refractivity contribution < 1.29 is 13.9 Å². The standard InChI is InChI=1S/C15H14FIO2/c1-9-8-15(19-14(9)18)6-2-3-10-7-11(16)4-5-12(10)13(15)17/h4-5,7,13H,1-3,6,8H2/t13-,15+/m1/s1. The molecule has 1 saturated heterocycles. The van der Waals surface area contributed by atoms with E-state index in [1.165, 1.54) is 6.07 Å². The summed E-state index contributed by atoms with van der Waals surface area (Å²) >= 11 is 2.32. The highest BCUT2D eigenvalue weighted by Crippen LogP contribution is 2.50. The van der Waals surface area contributed by atoms with Crippen molar-refractivity contribution in [1.82, 2.24) is 0 Å². The molecule has 4 heteroatoms. The summed E-state index contributed by atoms with van der Waals surface area (Å²) in [5.41, 5.74) is 2.18. The number of rotatable bonds is 0. The molecule has 2 nitrogen and oxygen atoms in total. The number of halogens is 2. The second-order valence-corrected chi connectivity index (χ2v) is 6.54. The molecule has 0 N–H and O–H groups in total. The van der Waals surface area contributed by atoms with E-state index in [0.29, 0.717) is 12.0 Å². The molecule has 1 aliphatic heterocycles. The lowest BCUT2D eigenvalue weighted by Crippen LogP contribution is -2.32. The highest BCUT2D eigenvalue weighted by molar-refractivity contribution is 14.1. The van der Waals surface area contributed by atoms with E-state index in [1.54, 1.807) is 6.07 Å². The van der Waals surface area contributed by atoms with Crippen molar-refractivity contribution in [2.24, 2.45) is 0 Å². The summed E-state index contributed by atoms with van der Waals surface area (Å²) < 4.78 is 19.0. The maximum atomic E-state index is 13.3. The first kappa shape index (κ1) is 13.1. The third kappa shape index (κ3) is 2.10. The van der Waals surface area contributed by atoms with Crippen LogP contribution in [0.25, 0.3) is 0 Å². The summed E-state index contributed by atoms with van der Waals surface area (Å²) in [5.74, 6) is -0.488. The minimum atomic E-state index is -0.488. The number of esters is 1. The maximum absolute atomic E-state index is 13.3. The van der Waals surface area contributed by atoms with Crippen LogP contribution in [0.5, 0.6) is 0 Å². The molecular formula is C15H14FIO2. The Bertz CT molecular complexity index is 551. The number of hydrogen-bond donors (Lipinski definition) is 0. The molecule has 1 aliphatic carbocycles. The number of alkyl halides is 1. The number of aryl methyl sites for hydroxylation is 1. The summed E-state index contributed by atoms with van der Waals surface area (Å²) in [7, 11) is 0. The van der Waals surface area contributed by atoms with Gasteiger partial charge in [0.15, 0.2) is 0 Å². The molecular weight excluding hydrogens is 358 g/mol.